The highest BCUT2D eigenvalue weighted by atomic mass is 79.9. The smallest absolute Gasteiger partial charge is 0.128 e. The lowest BCUT2D eigenvalue weighted by atomic mass is 10.2. The van der Waals surface area contributed by atoms with Gasteiger partial charge in [0, 0.05) is 10.0 Å². The molecule has 0 atom stereocenters. The molecule has 2 nitrogen and oxygen atoms in total. The molecule has 0 aliphatic rings. The van der Waals surface area contributed by atoms with Crippen LogP contribution in [0.1, 0.15) is 10.6 Å². The van der Waals surface area contributed by atoms with E-state index in [1.165, 1.54) is 11.3 Å². The Morgan fingerprint density at radius 2 is 2.00 bits per heavy atom. The molecule has 0 radical (unpaired) electrons. The van der Waals surface area contributed by atoms with Gasteiger partial charge in [0.05, 0.1) is 5.69 Å². The fraction of sp³-hybridized carbons (Fsp3) is 0.0909. The number of aryl methyl sites for hydroxylation is 1. The van der Waals surface area contributed by atoms with Crippen LogP contribution >= 0.6 is 27.3 Å². The van der Waals surface area contributed by atoms with Crippen LogP contribution in [0.5, 0.6) is 0 Å². The van der Waals surface area contributed by atoms with Crippen LogP contribution in [0.3, 0.4) is 0 Å². The highest BCUT2D eigenvalue weighted by molar-refractivity contribution is 9.10. The first kappa shape index (κ1) is 10.3. The third kappa shape index (κ3) is 2.09. The first-order valence-electron chi connectivity index (χ1n) is 4.34. The molecular formula is C11H7BrN2S. The Labute approximate surface area is 100 Å². The van der Waals surface area contributed by atoms with E-state index in [1.54, 1.807) is 0 Å². The van der Waals surface area contributed by atoms with Crippen LogP contribution in [-0.4, -0.2) is 4.98 Å². The minimum atomic E-state index is 0.688. The molecule has 0 N–H and O–H groups in total. The Bertz CT molecular complexity index is 523. The molecule has 0 fully saturated rings. The lowest BCUT2D eigenvalue weighted by Gasteiger charge is -1.95. The van der Waals surface area contributed by atoms with Crippen molar-refractivity contribution >= 4 is 27.3 Å². The Morgan fingerprint density at radius 1 is 1.33 bits per heavy atom. The third-order valence-electron chi connectivity index (χ3n) is 1.99. The summed E-state index contributed by atoms with van der Waals surface area (Å²) in [4.78, 5) is 5.05. The summed E-state index contributed by atoms with van der Waals surface area (Å²) >= 11 is 4.81. The molecule has 1 aromatic carbocycles. The van der Waals surface area contributed by atoms with Crippen molar-refractivity contribution in [3.63, 3.8) is 0 Å². The van der Waals surface area contributed by atoms with Gasteiger partial charge < -0.3 is 0 Å². The molecule has 0 bridgehead atoms. The number of thiazole rings is 1. The second-order valence-electron chi connectivity index (χ2n) is 3.05. The van der Waals surface area contributed by atoms with E-state index in [4.69, 9.17) is 5.26 Å². The minimum absolute atomic E-state index is 0.688. The van der Waals surface area contributed by atoms with Crippen LogP contribution in [0.25, 0.3) is 10.6 Å². The monoisotopic (exact) mass is 278 g/mol. The van der Waals surface area contributed by atoms with E-state index in [0.717, 1.165) is 20.7 Å². The van der Waals surface area contributed by atoms with Gasteiger partial charge in [0.15, 0.2) is 0 Å². The van der Waals surface area contributed by atoms with Gasteiger partial charge in [-0.1, -0.05) is 28.1 Å². The van der Waals surface area contributed by atoms with Gasteiger partial charge in [-0.05, 0) is 19.1 Å². The maximum Gasteiger partial charge on any atom is 0.128 e. The van der Waals surface area contributed by atoms with Crippen molar-refractivity contribution in [2.45, 2.75) is 6.92 Å². The van der Waals surface area contributed by atoms with Crippen molar-refractivity contribution in [1.82, 2.24) is 4.98 Å². The molecule has 2 aromatic rings. The van der Waals surface area contributed by atoms with E-state index in [-0.39, 0.29) is 0 Å². The number of benzene rings is 1. The maximum absolute atomic E-state index is 8.84. The van der Waals surface area contributed by atoms with Gasteiger partial charge in [-0.15, -0.1) is 11.3 Å². The lowest BCUT2D eigenvalue weighted by Crippen LogP contribution is -1.77. The first-order chi connectivity index (χ1) is 7.20. The van der Waals surface area contributed by atoms with Gasteiger partial charge in [-0.3, -0.25) is 0 Å². The standard InChI is InChI=1S/C11H7BrN2S/c1-7-10(6-13)15-11(14-7)8-2-4-9(12)5-3-8/h2-5H,1H3. The fourth-order valence-electron chi connectivity index (χ4n) is 1.22. The summed E-state index contributed by atoms with van der Waals surface area (Å²) in [6, 6.07) is 10.1. The molecule has 0 saturated carbocycles. The lowest BCUT2D eigenvalue weighted by molar-refractivity contribution is 1.25. The summed E-state index contributed by atoms with van der Waals surface area (Å²) in [6.07, 6.45) is 0. The van der Waals surface area contributed by atoms with Crippen molar-refractivity contribution in [3.8, 4) is 16.6 Å². The number of hydrogen-bond acceptors (Lipinski definition) is 3. The van der Waals surface area contributed by atoms with Crippen LogP contribution in [-0.2, 0) is 0 Å². The molecule has 1 heterocycles. The van der Waals surface area contributed by atoms with Crippen LogP contribution in [0, 0.1) is 18.3 Å². The van der Waals surface area contributed by atoms with Gasteiger partial charge >= 0.3 is 0 Å². The molecule has 0 aliphatic carbocycles. The molecule has 1 aromatic heterocycles. The van der Waals surface area contributed by atoms with E-state index in [0.29, 0.717) is 4.88 Å². The average molecular weight is 279 g/mol. The van der Waals surface area contributed by atoms with Crippen molar-refractivity contribution in [3.05, 3.63) is 39.3 Å². The number of halogens is 1. The SMILES string of the molecule is Cc1nc(-c2ccc(Br)cc2)sc1C#N. The van der Waals surface area contributed by atoms with Gasteiger partial charge in [-0.2, -0.15) is 5.26 Å². The van der Waals surface area contributed by atoms with Gasteiger partial charge in [0.25, 0.3) is 0 Å². The number of aromatic nitrogens is 1. The summed E-state index contributed by atoms with van der Waals surface area (Å²) in [5.74, 6) is 0. The molecule has 0 amide bonds. The van der Waals surface area contributed by atoms with Crippen molar-refractivity contribution < 1.29 is 0 Å². The topological polar surface area (TPSA) is 36.7 Å². The van der Waals surface area contributed by atoms with Crippen molar-refractivity contribution in [2.24, 2.45) is 0 Å². The van der Waals surface area contributed by atoms with Crippen LogP contribution in [0.15, 0.2) is 28.7 Å². The zero-order valence-electron chi connectivity index (χ0n) is 7.99. The summed E-state index contributed by atoms with van der Waals surface area (Å²) in [6.45, 7) is 1.86. The summed E-state index contributed by atoms with van der Waals surface area (Å²) < 4.78 is 1.04. The summed E-state index contributed by atoms with van der Waals surface area (Å²) in [7, 11) is 0. The van der Waals surface area contributed by atoms with E-state index < -0.39 is 0 Å². The highest BCUT2D eigenvalue weighted by Crippen LogP contribution is 2.28. The van der Waals surface area contributed by atoms with Crippen LogP contribution in [0.2, 0.25) is 0 Å². The van der Waals surface area contributed by atoms with Crippen molar-refractivity contribution in [2.75, 3.05) is 0 Å². The van der Waals surface area contributed by atoms with E-state index in [1.807, 2.05) is 31.2 Å². The number of hydrogen-bond donors (Lipinski definition) is 0. The highest BCUT2D eigenvalue weighted by Gasteiger charge is 2.08. The zero-order chi connectivity index (χ0) is 10.8. The van der Waals surface area contributed by atoms with E-state index in [2.05, 4.69) is 27.0 Å². The van der Waals surface area contributed by atoms with E-state index in [9.17, 15) is 0 Å². The zero-order valence-corrected chi connectivity index (χ0v) is 10.4. The Balaban J connectivity index is 2.46. The predicted molar refractivity (Wildman–Crippen MR) is 64.7 cm³/mol. The normalized spacial score (nSPS) is 9.93. The maximum atomic E-state index is 8.84. The summed E-state index contributed by atoms with van der Waals surface area (Å²) in [5, 5.41) is 9.74. The van der Waals surface area contributed by atoms with Gasteiger partial charge in [0.1, 0.15) is 16.0 Å². The number of nitrogens with zero attached hydrogens (tertiary/aromatic N) is 2. The fourth-order valence-corrected chi connectivity index (χ4v) is 2.35. The molecule has 0 saturated heterocycles. The van der Waals surface area contributed by atoms with E-state index >= 15 is 0 Å². The third-order valence-corrected chi connectivity index (χ3v) is 3.63. The van der Waals surface area contributed by atoms with Gasteiger partial charge in [-0.25, -0.2) is 4.98 Å². The van der Waals surface area contributed by atoms with Crippen molar-refractivity contribution in [1.29, 1.82) is 5.26 Å². The molecule has 4 heteroatoms. The number of nitriles is 1. The molecule has 0 unspecified atom stereocenters. The molecule has 74 valence electrons. The minimum Gasteiger partial charge on any atom is -0.240 e. The van der Waals surface area contributed by atoms with Gasteiger partial charge in [0.2, 0.25) is 0 Å². The summed E-state index contributed by atoms with van der Waals surface area (Å²) in [5.41, 5.74) is 1.85. The predicted octanol–water partition coefficient (Wildman–Crippen LogP) is 3.75. The molecule has 0 aliphatic heterocycles. The first-order valence-corrected chi connectivity index (χ1v) is 5.95. The number of rotatable bonds is 1. The Hall–Kier alpha value is -1.18. The largest absolute Gasteiger partial charge is 0.240 e. The molecule has 2 rings (SSSR count). The Kier molecular flexibility index (Phi) is 2.85. The molecular weight excluding hydrogens is 272 g/mol. The molecule has 15 heavy (non-hydrogen) atoms. The molecule has 0 spiro atoms. The Morgan fingerprint density at radius 3 is 2.53 bits per heavy atom. The quantitative estimate of drug-likeness (QED) is 0.797. The van der Waals surface area contributed by atoms with Crippen LogP contribution in [0.4, 0.5) is 0 Å². The van der Waals surface area contributed by atoms with Crippen LogP contribution < -0.4 is 0 Å². The average Bonchev–Trinajstić information content (AvgIpc) is 2.61. The second-order valence-corrected chi connectivity index (χ2v) is 4.97. The second kappa shape index (κ2) is 4.13.